The first-order valence-corrected chi connectivity index (χ1v) is 11.1. The molecular formula is C23H19BrClN3O3S. The van der Waals surface area contributed by atoms with Crippen LogP contribution in [-0.4, -0.2) is 23.5 Å². The molecule has 0 spiro atoms. The maximum absolute atomic E-state index is 12.7. The van der Waals surface area contributed by atoms with Crippen LogP contribution in [0.2, 0.25) is 5.02 Å². The SMILES string of the molecule is O=C(NNC(=S)NC(=O)c1cc(Br)ccc1OCCc1ccccc1)c1ccc(Cl)cc1. The van der Waals surface area contributed by atoms with Gasteiger partial charge < -0.3 is 4.74 Å². The van der Waals surface area contributed by atoms with Gasteiger partial charge in [0.1, 0.15) is 5.75 Å². The van der Waals surface area contributed by atoms with Gasteiger partial charge in [-0.15, -0.1) is 0 Å². The maximum atomic E-state index is 12.7. The molecule has 3 rings (SSSR count). The quantitative estimate of drug-likeness (QED) is 0.318. The summed E-state index contributed by atoms with van der Waals surface area (Å²) in [5.41, 5.74) is 6.76. The van der Waals surface area contributed by atoms with Crippen LogP contribution in [0.5, 0.6) is 5.75 Å². The molecule has 9 heteroatoms. The van der Waals surface area contributed by atoms with Crippen LogP contribution in [0.1, 0.15) is 26.3 Å². The first kappa shape index (κ1) is 23.7. The third-order valence-corrected chi connectivity index (χ3v) is 5.25. The van der Waals surface area contributed by atoms with E-state index in [-0.39, 0.29) is 5.11 Å². The van der Waals surface area contributed by atoms with Crippen LogP contribution in [0.25, 0.3) is 0 Å². The molecule has 3 aromatic carbocycles. The molecule has 3 aromatic rings. The van der Waals surface area contributed by atoms with E-state index in [0.29, 0.717) is 39.4 Å². The minimum Gasteiger partial charge on any atom is -0.492 e. The molecule has 0 atom stereocenters. The zero-order chi connectivity index (χ0) is 22.9. The fraction of sp³-hybridized carbons (Fsp3) is 0.0870. The van der Waals surface area contributed by atoms with E-state index in [1.54, 1.807) is 42.5 Å². The van der Waals surface area contributed by atoms with Gasteiger partial charge in [0.2, 0.25) is 0 Å². The minimum atomic E-state index is -0.473. The highest BCUT2D eigenvalue weighted by molar-refractivity contribution is 9.10. The van der Waals surface area contributed by atoms with Gasteiger partial charge in [0.15, 0.2) is 5.11 Å². The summed E-state index contributed by atoms with van der Waals surface area (Å²) in [6, 6.07) is 21.4. The summed E-state index contributed by atoms with van der Waals surface area (Å²) >= 11 is 14.3. The molecule has 3 N–H and O–H groups in total. The third kappa shape index (κ3) is 7.05. The number of halogens is 2. The van der Waals surface area contributed by atoms with Gasteiger partial charge in [-0.1, -0.05) is 57.9 Å². The van der Waals surface area contributed by atoms with Gasteiger partial charge in [0.25, 0.3) is 11.8 Å². The number of hydrogen-bond donors (Lipinski definition) is 3. The summed E-state index contributed by atoms with van der Waals surface area (Å²) in [4.78, 5) is 24.9. The number of carbonyl (C=O) groups excluding carboxylic acids is 2. The summed E-state index contributed by atoms with van der Waals surface area (Å²) < 4.78 is 6.55. The zero-order valence-corrected chi connectivity index (χ0v) is 19.9. The standard InChI is InChI=1S/C23H19BrClN3O3S/c24-17-8-11-20(31-13-12-15-4-2-1-3-5-15)19(14-17)22(30)26-23(32)28-27-21(29)16-6-9-18(25)10-7-16/h1-11,14H,12-13H2,(H,27,29)(H2,26,28,30,32). The molecule has 0 saturated heterocycles. The zero-order valence-electron chi connectivity index (χ0n) is 16.7. The van der Waals surface area contributed by atoms with E-state index in [2.05, 4.69) is 32.1 Å². The summed E-state index contributed by atoms with van der Waals surface area (Å²) in [7, 11) is 0. The van der Waals surface area contributed by atoms with Crippen molar-refractivity contribution in [3.63, 3.8) is 0 Å². The number of ether oxygens (including phenoxy) is 1. The van der Waals surface area contributed by atoms with E-state index >= 15 is 0 Å². The highest BCUT2D eigenvalue weighted by atomic mass is 79.9. The average molecular weight is 533 g/mol. The van der Waals surface area contributed by atoms with Crippen molar-refractivity contribution in [2.45, 2.75) is 6.42 Å². The third-order valence-electron chi connectivity index (χ3n) is 4.30. The summed E-state index contributed by atoms with van der Waals surface area (Å²) in [5, 5.41) is 2.99. The Bertz CT molecular complexity index is 1110. The van der Waals surface area contributed by atoms with E-state index < -0.39 is 11.8 Å². The monoisotopic (exact) mass is 531 g/mol. The normalized spacial score (nSPS) is 10.2. The second-order valence-electron chi connectivity index (χ2n) is 6.59. The lowest BCUT2D eigenvalue weighted by molar-refractivity contribution is 0.0933. The van der Waals surface area contributed by atoms with Gasteiger partial charge in [-0.05, 0) is 60.2 Å². The Morgan fingerprint density at radius 2 is 1.66 bits per heavy atom. The number of nitrogens with one attached hydrogen (secondary N) is 3. The minimum absolute atomic E-state index is 0.0625. The van der Waals surface area contributed by atoms with Crippen molar-refractivity contribution in [3.05, 3.63) is 99.0 Å². The lowest BCUT2D eigenvalue weighted by atomic mass is 10.1. The summed E-state index contributed by atoms with van der Waals surface area (Å²) in [6.07, 6.45) is 0.703. The molecule has 2 amide bonds. The lowest BCUT2D eigenvalue weighted by Crippen LogP contribution is -2.48. The fourth-order valence-corrected chi connectivity index (χ4v) is 3.35. The van der Waals surface area contributed by atoms with Crippen LogP contribution in [0.4, 0.5) is 0 Å². The van der Waals surface area contributed by atoms with Gasteiger partial charge in [-0.25, -0.2) is 0 Å². The second kappa shape index (κ2) is 11.6. The maximum Gasteiger partial charge on any atom is 0.269 e. The van der Waals surface area contributed by atoms with Crippen molar-refractivity contribution in [2.24, 2.45) is 0 Å². The smallest absolute Gasteiger partial charge is 0.269 e. The molecule has 0 saturated carbocycles. The molecule has 0 fully saturated rings. The molecule has 0 radical (unpaired) electrons. The number of carbonyl (C=O) groups is 2. The van der Waals surface area contributed by atoms with E-state index in [0.717, 1.165) is 5.56 Å². The highest BCUT2D eigenvalue weighted by Gasteiger charge is 2.15. The molecule has 6 nitrogen and oxygen atoms in total. The largest absolute Gasteiger partial charge is 0.492 e. The Balaban J connectivity index is 1.56. The predicted octanol–water partition coefficient (Wildman–Crippen LogP) is 4.67. The topological polar surface area (TPSA) is 79.5 Å². The molecule has 0 aliphatic rings. The molecule has 164 valence electrons. The Labute approximate surface area is 204 Å². The number of thiocarbonyl (C=S) groups is 1. The number of rotatable bonds is 6. The second-order valence-corrected chi connectivity index (χ2v) is 8.35. The summed E-state index contributed by atoms with van der Waals surface area (Å²) in [6.45, 7) is 0.409. The van der Waals surface area contributed by atoms with E-state index in [1.165, 1.54) is 0 Å². The first-order valence-electron chi connectivity index (χ1n) is 9.56. The molecule has 0 bridgehead atoms. The number of hydrazine groups is 1. The predicted molar refractivity (Wildman–Crippen MR) is 132 cm³/mol. The van der Waals surface area contributed by atoms with Gasteiger partial charge in [-0.2, -0.15) is 0 Å². The molecule has 0 aromatic heterocycles. The number of benzene rings is 3. The van der Waals surface area contributed by atoms with Gasteiger partial charge >= 0.3 is 0 Å². The van der Waals surface area contributed by atoms with E-state index in [9.17, 15) is 9.59 Å². The van der Waals surface area contributed by atoms with Gasteiger partial charge in [0, 0.05) is 21.5 Å². The van der Waals surface area contributed by atoms with Crippen LogP contribution >= 0.6 is 39.7 Å². The fourth-order valence-electron chi connectivity index (χ4n) is 2.72. The number of amides is 2. The van der Waals surface area contributed by atoms with E-state index in [1.807, 2.05) is 30.3 Å². The molecule has 0 heterocycles. The lowest BCUT2D eigenvalue weighted by Gasteiger charge is -2.14. The Hall–Kier alpha value is -2.94. The van der Waals surface area contributed by atoms with Crippen molar-refractivity contribution < 1.29 is 14.3 Å². The number of hydrogen-bond acceptors (Lipinski definition) is 4. The van der Waals surface area contributed by atoms with Gasteiger partial charge in [-0.3, -0.25) is 25.8 Å². The first-order chi connectivity index (χ1) is 15.4. The molecule has 32 heavy (non-hydrogen) atoms. The summed E-state index contributed by atoms with van der Waals surface area (Å²) in [5.74, 6) is -0.473. The van der Waals surface area contributed by atoms with Crippen molar-refractivity contribution in [1.82, 2.24) is 16.2 Å². The van der Waals surface area contributed by atoms with Crippen LogP contribution in [0.15, 0.2) is 77.3 Å². The average Bonchev–Trinajstić information content (AvgIpc) is 2.79. The van der Waals surface area contributed by atoms with Crippen LogP contribution in [0, 0.1) is 0 Å². The molecular weight excluding hydrogens is 514 g/mol. The Morgan fingerprint density at radius 1 is 0.938 bits per heavy atom. The molecule has 0 unspecified atom stereocenters. The van der Waals surface area contributed by atoms with Crippen molar-refractivity contribution >= 4 is 56.7 Å². The molecule has 0 aliphatic heterocycles. The van der Waals surface area contributed by atoms with Crippen molar-refractivity contribution in [2.75, 3.05) is 6.61 Å². The van der Waals surface area contributed by atoms with Crippen molar-refractivity contribution in [3.8, 4) is 5.75 Å². The Kier molecular flexibility index (Phi) is 8.61. The van der Waals surface area contributed by atoms with Crippen LogP contribution in [0.3, 0.4) is 0 Å². The van der Waals surface area contributed by atoms with Crippen molar-refractivity contribution in [1.29, 1.82) is 0 Å². The highest BCUT2D eigenvalue weighted by Crippen LogP contribution is 2.23. The van der Waals surface area contributed by atoms with Crippen LogP contribution in [-0.2, 0) is 6.42 Å². The van der Waals surface area contributed by atoms with Gasteiger partial charge in [0.05, 0.1) is 12.2 Å². The Morgan fingerprint density at radius 3 is 2.38 bits per heavy atom. The van der Waals surface area contributed by atoms with E-state index in [4.69, 9.17) is 28.6 Å². The molecule has 0 aliphatic carbocycles. The van der Waals surface area contributed by atoms with Crippen LogP contribution < -0.4 is 20.9 Å².